The van der Waals surface area contributed by atoms with Crippen molar-refractivity contribution in [3.63, 3.8) is 0 Å². The molecule has 1 aromatic carbocycles. The van der Waals surface area contributed by atoms with Gasteiger partial charge < -0.3 is 4.74 Å². The molecule has 0 saturated carbocycles. The fourth-order valence-corrected chi connectivity index (χ4v) is 1.63. The zero-order valence-corrected chi connectivity index (χ0v) is 12.2. The first-order valence-corrected chi connectivity index (χ1v) is 6.26. The summed E-state index contributed by atoms with van der Waals surface area (Å²) in [5.41, 5.74) is 0.893. The van der Waals surface area contributed by atoms with E-state index in [4.69, 9.17) is 10.00 Å². The summed E-state index contributed by atoms with van der Waals surface area (Å²) in [5, 5.41) is 11.3. The minimum absolute atomic E-state index is 0.302. The second-order valence-corrected chi connectivity index (χ2v) is 5.63. The molecule has 0 atom stereocenters. The predicted octanol–water partition coefficient (Wildman–Crippen LogP) is 3.86. The highest BCUT2D eigenvalue weighted by atomic mass is 79.9. The molecule has 0 aliphatic rings. The van der Waals surface area contributed by atoms with Crippen LogP contribution in [0.1, 0.15) is 26.3 Å². The normalized spacial score (nSPS) is 10.6. The van der Waals surface area contributed by atoms with E-state index in [0.717, 1.165) is 10.0 Å². The number of amides is 1. The second kappa shape index (κ2) is 5.87. The number of nitrogens with one attached hydrogen (secondary N) is 1. The molecular weight excluding hydrogens is 296 g/mol. The lowest BCUT2D eigenvalue weighted by Crippen LogP contribution is -2.27. The van der Waals surface area contributed by atoms with Gasteiger partial charge in [0.1, 0.15) is 5.60 Å². The van der Waals surface area contributed by atoms with Crippen LogP contribution in [0.5, 0.6) is 0 Å². The molecule has 5 heteroatoms. The van der Waals surface area contributed by atoms with E-state index in [1.54, 1.807) is 32.9 Å². The Labute approximate surface area is 115 Å². The van der Waals surface area contributed by atoms with Crippen LogP contribution in [0.2, 0.25) is 0 Å². The molecule has 0 fully saturated rings. The van der Waals surface area contributed by atoms with E-state index in [9.17, 15) is 4.79 Å². The van der Waals surface area contributed by atoms with Crippen LogP contribution in [0.4, 0.5) is 10.5 Å². The molecule has 4 nitrogen and oxygen atoms in total. The van der Waals surface area contributed by atoms with Crippen molar-refractivity contribution in [1.29, 1.82) is 5.26 Å². The lowest BCUT2D eigenvalue weighted by molar-refractivity contribution is 0.0636. The maximum Gasteiger partial charge on any atom is 0.412 e. The summed E-state index contributed by atoms with van der Waals surface area (Å²) in [5.74, 6) is 0. The highest BCUT2D eigenvalue weighted by Gasteiger charge is 2.17. The number of hydrogen-bond acceptors (Lipinski definition) is 3. The Hall–Kier alpha value is -1.54. The van der Waals surface area contributed by atoms with E-state index in [0.29, 0.717) is 12.1 Å². The highest BCUT2D eigenvalue weighted by molar-refractivity contribution is 9.10. The van der Waals surface area contributed by atoms with Crippen LogP contribution in [-0.2, 0) is 11.2 Å². The predicted molar refractivity (Wildman–Crippen MR) is 73.3 cm³/mol. The number of nitrogens with zero attached hydrogens (tertiary/aromatic N) is 1. The van der Waals surface area contributed by atoms with Crippen LogP contribution in [0.15, 0.2) is 22.7 Å². The van der Waals surface area contributed by atoms with Crippen molar-refractivity contribution in [3.8, 4) is 6.07 Å². The van der Waals surface area contributed by atoms with Crippen molar-refractivity contribution in [2.45, 2.75) is 32.8 Å². The van der Waals surface area contributed by atoms with Gasteiger partial charge in [0.25, 0.3) is 0 Å². The molecule has 1 rings (SSSR count). The SMILES string of the molecule is CC(C)(C)OC(=O)Nc1cc(CC#N)ccc1Br. The van der Waals surface area contributed by atoms with Crippen molar-refractivity contribution in [1.82, 2.24) is 0 Å². The first-order chi connectivity index (χ1) is 8.31. The van der Waals surface area contributed by atoms with Gasteiger partial charge in [-0.3, -0.25) is 5.32 Å². The van der Waals surface area contributed by atoms with E-state index in [-0.39, 0.29) is 0 Å². The molecule has 1 aromatic rings. The Bertz CT molecular complexity index is 487. The highest BCUT2D eigenvalue weighted by Crippen LogP contribution is 2.24. The third-order valence-corrected chi connectivity index (χ3v) is 2.64. The zero-order chi connectivity index (χ0) is 13.8. The number of nitriles is 1. The number of rotatable bonds is 2. The topological polar surface area (TPSA) is 62.1 Å². The van der Waals surface area contributed by atoms with Crippen molar-refractivity contribution in [3.05, 3.63) is 28.2 Å². The van der Waals surface area contributed by atoms with Crippen LogP contribution >= 0.6 is 15.9 Å². The molecule has 1 amide bonds. The van der Waals surface area contributed by atoms with E-state index < -0.39 is 11.7 Å². The fourth-order valence-electron chi connectivity index (χ4n) is 1.28. The summed E-state index contributed by atoms with van der Waals surface area (Å²) in [6.07, 6.45) is -0.215. The van der Waals surface area contributed by atoms with Gasteiger partial charge in [0.2, 0.25) is 0 Å². The lowest BCUT2D eigenvalue weighted by atomic mass is 10.1. The minimum atomic E-state index is -0.541. The van der Waals surface area contributed by atoms with Crippen LogP contribution in [0, 0.1) is 11.3 Å². The molecule has 0 heterocycles. The summed E-state index contributed by atoms with van der Waals surface area (Å²) in [4.78, 5) is 11.6. The average Bonchev–Trinajstić information content (AvgIpc) is 2.20. The van der Waals surface area contributed by atoms with Crippen LogP contribution in [0.3, 0.4) is 0 Å². The molecule has 18 heavy (non-hydrogen) atoms. The number of benzene rings is 1. The molecule has 0 spiro atoms. The fraction of sp³-hybridized carbons (Fsp3) is 0.385. The Morgan fingerprint density at radius 1 is 1.50 bits per heavy atom. The molecular formula is C13H15BrN2O2. The van der Waals surface area contributed by atoms with Crippen LogP contribution in [-0.4, -0.2) is 11.7 Å². The largest absolute Gasteiger partial charge is 0.444 e. The Kier molecular flexibility index (Phi) is 4.74. The summed E-state index contributed by atoms with van der Waals surface area (Å²) in [7, 11) is 0. The number of halogens is 1. The summed E-state index contributed by atoms with van der Waals surface area (Å²) < 4.78 is 5.91. The molecule has 0 aliphatic carbocycles. The average molecular weight is 311 g/mol. The van der Waals surface area contributed by atoms with E-state index in [1.165, 1.54) is 0 Å². The number of carbonyl (C=O) groups excluding carboxylic acids is 1. The van der Waals surface area contributed by atoms with Gasteiger partial charge in [-0.25, -0.2) is 4.79 Å². The second-order valence-electron chi connectivity index (χ2n) is 4.78. The summed E-state index contributed by atoms with van der Waals surface area (Å²) in [6.45, 7) is 5.40. The van der Waals surface area contributed by atoms with Gasteiger partial charge in [0.05, 0.1) is 18.2 Å². The standard InChI is InChI=1S/C13H15BrN2O2/c1-13(2,3)18-12(17)16-11-8-9(6-7-15)4-5-10(11)14/h4-5,8H,6H2,1-3H3,(H,16,17). The van der Waals surface area contributed by atoms with Gasteiger partial charge in [-0.15, -0.1) is 0 Å². The number of anilines is 1. The molecule has 1 N–H and O–H groups in total. The Morgan fingerprint density at radius 2 is 2.17 bits per heavy atom. The Balaban J connectivity index is 2.81. The monoisotopic (exact) mass is 310 g/mol. The van der Waals surface area contributed by atoms with Crippen molar-refractivity contribution < 1.29 is 9.53 Å². The van der Waals surface area contributed by atoms with Crippen molar-refractivity contribution in [2.75, 3.05) is 5.32 Å². The van der Waals surface area contributed by atoms with Gasteiger partial charge >= 0.3 is 6.09 Å². The van der Waals surface area contributed by atoms with Gasteiger partial charge in [-0.05, 0) is 54.4 Å². The molecule has 96 valence electrons. The molecule has 0 unspecified atom stereocenters. The third kappa shape index (κ3) is 4.76. The Morgan fingerprint density at radius 3 is 2.72 bits per heavy atom. The molecule has 0 bridgehead atoms. The van der Waals surface area contributed by atoms with Gasteiger partial charge in [-0.1, -0.05) is 6.07 Å². The third-order valence-electron chi connectivity index (χ3n) is 1.95. The van der Waals surface area contributed by atoms with Crippen molar-refractivity contribution >= 4 is 27.7 Å². The summed E-state index contributed by atoms with van der Waals surface area (Å²) >= 11 is 3.34. The first-order valence-electron chi connectivity index (χ1n) is 5.47. The molecule has 0 radical (unpaired) electrons. The number of carbonyl (C=O) groups is 1. The van der Waals surface area contributed by atoms with E-state index in [2.05, 4.69) is 27.3 Å². The van der Waals surface area contributed by atoms with Crippen LogP contribution in [0.25, 0.3) is 0 Å². The van der Waals surface area contributed by atoms with Gasteiger partial charge in [0.15, 0.2) is 0 Å². The van der Waals surface area contributed by atoms with Crippen molar-refractivity contribution in [2.24, 2.45) is 0 Å². The molecule has 0 aliphatic heterocycles. The first kappa shape index (κ1) is 14.5. The minimum Gasteiger partial charge on any atom is -0.444 e. The lowest BCUT2D eigenvalue weighted by Gasteiger charge is -2.20. The maximum atomic E-state index is 11.6. The quantitative estimate of drug-likeness (QED) is 0.902. The molecule has 0 saturated heterocycles. The zero-order valence-electron chi connectivity index (χ0n) is 10.6. The maximum absolute atomic E-state index is 11.6. The van der Waals surface area contributed by atoms with E-state index >= 15 is 0 Å². The van der Waals surface area contributed by atoms with Crippen LogP contribution < -0.4 is 5.32 Å². The van der Waals surface area contributed by atoms with Gasteiger partial charge in [-0.2, -0.15) is 5.26 Å². The number of ether oxygens (including phenoxy) is 1. The van der Waals surface area contributed by atoms with Gasteiger partial charge in [0, 0.05) is 4.47 Å². The summed E-state index contributed by atoms with van der Waals surface area (Å²) in [6, 6.07) is 7.43. The smallest absolute Gasteiger partial charge is 0.412 e. The van der Waals surface area contributed by atoms with E-state index in [1.807, 2.05) is 6.07 Å². The number of hydrogen-bond donors (Lipinski definition) is 1. The molecule has 0 aromatic heterocycles.